The Morgan fingerprint density at radius 2 is 1.84 bits per heavy atom. The van der Waals surface area contributed by atoms with Crippen molar-refractivity contribution in [2.24, 2.45) is 0 Å². The third kappa shape index (κ3) is 4.63. The Morgan fingerprint density at radius 3 is 2.52 bits per heavy atom. The summed E-state index contributed by atoms with van der Waals surface area (Å²) in [6.45, 7) is 7.85. The lowest BCUT2D eigenvalue weighted by Gasteiger charge is -2.32. The van der Waals surface area contributed by atoms with Gasteiger partial charge in [-0.15, -0.1) is 0 Å². The van der Waals surface area contributed by atoms with Crippen LogP contribution in [0.2, 0.25) is 0 Å². The standard InChI is InChI=1S/C25H30N4O2/c1-25(2,3)19-8-6-18(7-9-19)24(31)28-16-22(30)29-13-10-17(11-14-29)21-15-27-23-20(21)5-4-12-26-23/h4-9,12,15,17H,10-11,13-14,16H2,1-3H3,(H,26,27)(H,28,31). The number of aromatic nitrogens is 2. The van der Waals surface area contributed by atoms with E-state index in [-0.39, 0.29) is 23.8 Å². The number of pyridine rings is 1. The van der Waals surface area contributed by atoms with Crippen molar-refractivity contribution in [3.63, 3.8) is 0 Å². The van der Waals surface area contributed by atoms with Crippen LogP contribution in [0.25, 0.3) is 11.0 Å². The molecule has 1 aliphatic rings. The predicted molar refractivity (Wildman–Crippen MR) is 122 cm³/mol. The van der Waals surface area contributed by atoms with E-state index in [4.69, 9.17) is 0 Å². The van der Waals surface area contributed by atoms with E-state index in [1.165, 1.54) is 11.1 Å². The number of benzene rings is 1. The van der Waals surface area contributed by atoms with Crippen molar-refractivity contribution in [2.75, 3.05) is 19.6 Å². The van der Waals surface area contributed by atoms with E-state index in [0.29, 0.717) is 24.6 Å². The minimum atomic E-state index is -0.213. The number of fused-ring (bicyclic) bond motifs is 1. The first kappa shape index (κ1) is 21.1. The summed E-state index contributed by atoms with van der Waals surface area (Å²) in [6.07, 6.45) is 5.66. The zero-order valence-electron chi connectivity index (χ0n) is 18.4. The Balaban J connectivity index is 1.29. The molecule has 3 heterocycles. The maximum atomic E-state index is 12.6. The largest absolute Gasteiger partial charge is 0.346 e. The number of nitrogens with one attached hydrogen (secondary N) is 2. The molecule has 0 aliphatic carbocycles. The Hall–Kier alpha value is -3.15. The van der Waals surface area contributed by atoms with Gasteiger partial charge < -0.3 is 15.2 Å². The van der Waals surface area contributed by atoms with Crippen LogP contribution in [0.5, 0.6) is 0 Å². The number of H-pyrrole nitrogens is 1. The smallest absolute Gasteiger partial charge is 0.251 e. The van der Waals surface area contributed by atoms with E-state index in [9.17, 15) is 9.59 Å². The van der Waals surface area contributed by atoms with Crippen LogP contribution in [0, 0.1) is 0 Å². The zero-order chi connectivity index (χ0) is 22.0. The monoisotopic (exact) mass is 418 g/mol. The van der Waals surface area contributed by atoms with E-state index in [2.05, 4.69) is 42.1 Å². The molecule has 0 unspecified atom stereocenters. The zero-order valence-corrected chi connectivity index (χ0v) is 18.4. The molecule has 2 N–H and O–H groups in total. The first-order valence-corrected chi connectivity index (χ1v) is 10.9. The fourth-order valence-electron chi connectivity index (χ4n) is 4.25. The number of rotatable bonds is 4. The summed E-state index contributed by atoms with van der Waals surface area (Å²) < 4.78 is 0. The van der Waals surface area contributed by atoms with Gasteiger partial charge in [-0.1, -0.05) is 32.9 Å². The van der Waals surface area contributed by atoms with Crippen molar-refractivity contribution in [3.8, 4) is 0 Å². The minimum absolute atomic E-state index is 0.0290. The molecule has 6 heteroatoms. The average molecular weight is 419 g/mol. The number of carbonyl (C=O) groups excluding carboxylic acids is 2. The molecule has 2 amide bonds. The molecular formula is C25H30N4O2. The number of hydrogen-bond donors (Lipinski definition) is 2. The van der Waals surface area contributed by atoms with Crippen LogP contribution in [0.4, 0.5) is 0 Å². The lowest BCUT2D eigenvalue weighted by atomic mass is 9.87. The number of hydrogen-bond acceptors (Lipinski definition) is 3. The van der Waals surface area contributed by atoms with Crippen LogP contribution in [0.15, 0.2) is 48.8 Å². The lowest BCUT2D eigenvalue weighted by Crippen LogP contribution is -2.43. The Kier molecular flexibility index (Phi) is 5.81. The molecule has 0 bridgehead atoms. The molecule has 1 aromatic carbocycles. The number of aromatic amines is 1. The van der Waals surface area contributed by atoms with E-state index >= 15 is 0 Å². The quantitative estimate of drug-likeness (QED) is 0.672. The molecule has 162 valence electrons. The molecule has 0 spiro atoms. The predicted octanol–water partition coefficient (Wildman–Crippen LogP) is 4.00. The second kappa shape index (κ2) is 8.53. The summed E-state index contributed by atoms with van der Waals surface area (Å²) >= 11 is 0. The molecule has 0 radical (unpaired) electrons. The van der Waals surface area contributed by atoms with Gasteiger partial charge in [0, 0.05) is 36.4 Å². The highest BCUT2D eigenvalue weighted by atomic mass is 16.2. The first-order valence-electron chi connectivity index (χ1n) is 10.9. The van der Waals surface area contributed by atoms with Gasteiger partial charge in [0.25, 0.3) is 5.91 Å². The topological polar surface area (TPSA) is 78.1 Å². The van der Waals surface area contributed by atoms with Crippen molar-refractivity contribution in [1.82, 2.24) is 20.2 Å². The van der Waals surface area contributed by atoms with Crippen molar-refractivity contribution >= 4 is 22.8 Å². The summed E-state index contributed by atoms with van der Waals surface area (Å²) in [6, 6.07) is 11.6. The van der Waals surface area contributed by atoms with Gasteiger partial charge in [-0.05, 0) is 59.6 Å². The normalized spacial score (nSPS) is 15.3. The van der Waals surface area contributed by atoms with E-state index < -0.39 is 0 Å². The molecule has 31 heavy (non-hydrogen) atoms. The highest BCUT2D eigenvalue weighted by molar-refractivity contribution is 5.96. The molecule has 1 aliphatic heterocycles. The number of nitrogens with zero attached hydrogens (tertiary/aromatic N) is 2. The summed E-state index contributed by atoms with van der Waals surface area (Å²) in [5.41, 5.74) is 3.98. The van der Waals surface area contributed by atoms with Gasteiger partial charge in [0.05, 0.1) is 6.54 Å². The second-order valence-corrected chi connectivity index (χ2v) is 9.31. The molecule has 0 saturated carbocycles. The molecule has 2 aromatic heterocycles. The molecular weight excluding hydrogens is 388 g/mol. The van der Waals surface area contributed by atoms with Gasteiger partial charge in [0.15, 0.2) is 0 Å². The van der Waals surface area contributed by atoms with Crippen molar-refractivity contribution in [1.29, 1.82) is 0 Å². The first-order chi connectivity index (χ1) is 14.8. The van der Waals surface area contributed by atoms with Crippen LogP contribution in [0.3, 0.4) is 0 Å². The summed E-state index contributed by atoms with van der Waals surface area (Å²) in [5.74, 6) is 0.173. The molecule has 6 nitrogen and oxygen atoms in total. The third-order valence-corrected chi connectivity index (χ3v) is 6.18. The molecule has 4 rings (SSSR count). The summed E-state index contributed by atoms with van der Waals surface area (Å²) in [7, 11) is 0. The lowest BCUT2D eigenvalue weighted by molar-refractivity contribution is -0.131. The second-order valence-electron chi connectivity index (χ2n) is 9.31. The van der Waals surface area contributed by atoms with E-state index in [1.807, 2.05) is 41.4 Å². The fourth-order valence-corrected chi connectivity index (χ4v) is 4.25. The van der Waals surface area contributed by atoms with Gasteiger partial charge in [-0.25, -0.2) is 4.98 Å². The Bertz CT molecular complexity index is 1070. The van der Waals surface area contributed by atoms with Gasteiger partial charge in [-0.2, -0.15) is 0 Å². The molecule has 1 saturated heterocycles. The van der Waals surface area contributed by atoms with Gasteiger partial charge in [-0.3, -0.25) is 9.59 Å². The fraction of sp³-hybridized carbons (Fsp3) is 0.400. The maximum Gasteiger partial charge on any atom is 0.251 e. The SMILES string of the molecule is CC(C)(C)c1ccc(C(=O)NCC(=O)N2CCC(c3c[nH]c4ncccc34)CC2)cc1. The van der Waals surface area contributed by atoms with E-state index in [1.54, 1.807) is 6.20 Å². The van der Waals surface area contributed by atoms with Crippen molar-refractivity contribution in [2.45, 2.75) is 44.9 Å². The highest BCUT2D eigenvalue weighted by Crippen LogP contribution is 2.32. The van der Waals surface area contributed by atoms with Crippen LogP contribution in [-0.2, 0) is 10.2 Å². The van der Waals surface area contributed by atoms with Crippen LogP contribution in [0.1, 0.15) is 61.0 Å². The number of amides is 2. The van der Waals surface area contributed by atoms with Crippen LogP contribution in [-0.4, -0.2) is 46.3 Å². The molecule has 0 atom stereocenters. The van der Waals surface area contributed by atoms with Crippen LogP contribution >= 0.6 is 0 Å². The van der Waals surface area contributed by atoms with Gasteiger partial charge in [0.1, 0.15) is 5.65 Å². The van der Waals surface area contributed by atoms with Gasteiger partial charge >= 0.3 is 0 Å². The average Bonchev–Trinajstić information content (AvgIpc) is 3.21. The number of likely N-dealkylation sites (tertiary alicyclic amines) is 1. The summed E-state index contributed by atoms with van der Waals surface area (Å²) in [4.78, 5) is 34.5. The molecule has 3 aromatic rings. The Morgan fingerprint density at radius 1 is 1.13 bits per heavy atom. The Labute approximate surface area is 183 Å². The number of piperidine rings is 1. The highest BCUT2D eigenvalue weighted by Gasteiger charge is 2.25. The minimum Gasteiger partial charge on any atom is -0.346 e. The summed E-state index contributed by atoms with van der Waals surface area (Å²) in [5, 5.41) is 3.94. The van der Waals surface area contributed by atoms with Crippen molar-refractivity contribution in [3.05, 3.63) is 65.5 Å². The number of carbonyl (C=O) groups is 2. The third-order valence-electron chi connectivity index (χ3n) is 6.18. The maximum absolute atomic E-state index is 12.6. The van der Waals surface area contributed by atoms with Crippen molar-refractivity contribution < 1.29 is 9.59 Å². The van der Waals surface area contributed by atoms with E-state index in [0.717, 1.165) is 23.9 Å². The molecule has 1 fully saturated rings. The van der Waals surface area contributed by atoms with Gasteiger partial charge in [0.2, 0.25) is 5.91 Å². The van der Waals surface area contributed by atoms with Crippen LogP contribution < -0.4 is 5.32 Å².